The molecule has 2 bridgehead atoms. The maximum absolute atomic E-state index is 12.5. The fourth-order valence-electron chi connectivity index (χ4n) is 6.54. The van der Waals surface area contributed by atoms with Crippen LogP contribution in [0.1, 0.15) is 45.4 Å². The molecule has 6 aliphatic rings. The van der Waals surface area contributed by atoms with Crippen molar-refractivity contribution >= 4 is 11.9 Å². The summed E-state index contributed by atoms with van der Waals surface area (Å²) in [5.41, 5.74) is 2.95. The highest BCUT2D eigenvalue weighted by atomic mass is 16.7. The molecular formula is C22H24O5. The smallest absolute Gasteiger partial charge is 0.338 e. The minimum Gasteiger partial charge on any atom is -0.461 e. The van der Waals surface area contributed by atoms with Crippen molar-refractivity contribution in [3.63, 3.8) is 0 Å². The van der Waals surface area contributed by atoms with E-state index in [1.165, 1.54) is 24.0 Å². The van der Waals surface area contributed by atoms with Gasteiger partial charge in [0.1, 0.15) is 6.10 Å². The lowest BCUT2D eigenvalue weighted by atomic mass is 9.71. The van der Waals surface area contributed by atoms with Crippen LogP contribution in [0.2, 0.25) is 0 Å². The third kappa shape index (κ3) is 1.95. The molecule has 2 saturated heterocycles. The summed E-state index contributed by atoms with van der Waals surface area (Å²) < 4.78 is 17.3. The largest absolute Gasteiger partial charge is 0.461 e. The van der Waals surface area contributed by atoms with Gasteiger partial charge in [-0.05, 0) is 62.9 Å². The molecule has 0 unspecified atom stereocenters. The van der Waals surface area contributed by atoms with Gasteiger partial charge in [-0.3, -0.25) is 4.79 Å². The average Bonchev–Trinajstić information content (AvgIpc) is 3.41. The van der Waals surface area contributed by atoms with Crippen LogP contribution in [0.15, 0.2) is 35.1 Å². The summed E-state index contributed by atoms with van der Waals surface area (Å²) in [6.07, 6.45) is 11.7. The zero-order chi connectivity index (χ0) is 18.3. The topological polar surface area (TPSA) is 61.8 Å². The molecule has 0 N–H and O–H groups in total. The van der Waals surface area contributed by atoms with Gasteiger partial charge < -0.3 is 14.2 Å². The molecule has 0 aromatic rings. The second-order valence-corrected chi connectivity index (χ2v) is 9.15. The molecular weight excluding hydrogens is 344 g/mol. The van der Waals surface area contributed by atoms with Crippen molar-refractivity contribution in [1.82, 2.24) is 0 Å². The number of cyclic esters (lactones) is 1. The number of ether oxygens (including phenoxy) is 3. The van der Waals surface area contributed by atoms with Crippen molar-refractivity contribution in [3.05, 3.63) is 35.1 Å². The molecule has 6 rings (SSSR count). The SMILES string of the molecule is C[C@]12C(=O)O[C@H](O/C=C3/C(=O)O[C@@H]4C5=C(CCCC5)C[C@H]34)[C@H]1[C@H]1C=C[C@@H]2C1. The van der Waals surface area contributed by atoms with Gasteiger partial charge in [0, 0.05) is 5.92 Å². The molecule has 0 spiro atoms. The lowest BCUT2D eigenvalue weighted by Gasteiger charge is -2.28. The Balaban J connectivity index is 1.24. The van der Waals surface area contributed by atoms with Crippen molar-refractivity contribution in [2.75, 3.05) is 0 Å². The molecule has 4 aliphatic carbocycles. The number of carbonyl (C=O) groups is 2. The summed E-state index contributed by atoms with van der Waals surface area (Å²) in [7, 11) is 0. The first-order valence-corrected chi connectivity index (χ1v) is 10.2. The molecule has 2 heterocycles. The third-order valence-electron chi connectivity index (χ3n) is 8.00. The second kappa shape index (κ2) is 5.27. The Morgan fingerprint density at radius 3 is 2.93 bits per heavy atom. The first-order chi connectivity index (χ1) is 13.1. The molecule has 5 heteroatoms. The summed E-state index contributed by atoms with van der Waals surface area (Å²) in [5.74, 6) is 0.218. The number of carbonyl (C=O) groups excluding carboxylic acids is 2. The number of allylic oxidation sites excluding steroid dienone is 3. The van der Waals surface area contributed by atoms with Crippen LogP contribution < -0.4 is 0 Å². The molecule has 3 fully saturated rings. The normalized spacial score (nSPS) is 48.0. The van der Waals surface area contributed by atoms with Gasteiger partial charge in [0.05, 0.1) is 23.2 Å². The van der Waals surface area contributed by atoms with Crippen LogP contribution in [0.5, 0.6) is 0 Å². The quantitative estimate of drug-likeness (QED) is 0.323. The first kappa shape index (κ1) is 16.0. The fraction of sp³-hybridized carbons (Fsp3) is 0.636. The van der Waals surface area contributed by atoms with Gasteiger partial charge in [0.15, 0.2) is 0 Å². The monoisotopic (exact) mass is 368 g/mol. The van der Waals surface area contributed by atoms with E-state index in [2.05, 4.69) is 12.2 Å². The summed E-state index contributed by atoms with van der Waals surface area (Å²) >= 11 is 0. The van der Waals surface area contributed by atoms with E-state index < -0.39 is 11.7 Å². The number of fused-ring (bicyclic) bond motifs is 7. The fourth-order valence-corrected chi connectivity index (χ4v) is 6.54. The zero-order valence-corrected chi connectivity index (χ0v) is 15.5. The van der Waals surface area contributed by atoms with E-state index in [1.807, 2.05) is 6.92 Å². The van der Waals surface area contributed by atoms with E-state index in [4.69, 9.17) is 14.2 Å². The zero-order valence-electron chi connectivity index (χ0n) is 15.5. The van der Waals surface area contributed by atoms with Crippen LogP contribution in [0, 0.1) is 29.1 Å². The third-order valence-corrected chi connectivity index (χ3v) is 8.00. The number of esters is 2. The maximum atomic E-state index is 12.5. The second-order valence-electron chi connectivity index (χ2n) is 9.15. The summed E-state index contributed by atoms with van der Waals surface area (Å²) in [6.45, 7) is 2.00. The van der Waals surface area contributed by atoms with E-state index in [0.717, 1.165) is 25.7 Å². The highest BCUT2D eigenvalue weighted by Crippen LogP contribution is 2.61. The van der Waals surface area contributed by atoms with Crippen molar-refractivity contribution in [2.45, 2.75) is 57.8 Å². The Labute approximate surface area is 158 Å². The van der Waals surface area contributed by atoms with E-state index in [-0.39, 0.29) is 35.8 Å². The van der Waals surface area contributed by atoms with Crippen LogP contribution in [0.25, 0.3) is 0 Å². The lowest BCUT2D eigenvalue weighted by molar-refractivity contribution is -0.161. The Hall–Kier alpha value is -2.04. The molecule has 142 valence electrons. The van der Waals surface area contributed by atoms with Gasteiger partial charge in [-0.1, -0.05) is 17.7 Å². The maximum Gasteiger partial charge on any atom is 0.338 e. The van der Waals surface area contributed by atoms with Crippen LogP contribution in [0.3, 0.4) is 0 Å². The molecule has 0 aromatic heterocycles. The van der Waals surface area contributed by atoms with Crippen molar-refractivity contribution in [3.8, 4) is 0 Å². The molecule has 1 saturated carbocycles. The lowest BCUT2D eigenvalue weighted by Crippen LogP contribution is -2.35. The molecule has 2 aliphatic heterocycles. The standard InChI is InChI=1S/C22H24O5/c1-22-13-7-6-12(8-13)17(22)20(27-21(22)24)25-10-16-15-9-11-4-2-3-5-14(11)18(15)26-19(16)23/h6-7,10,12-13,15,17-18,20H,2-5,8-9H2,1H3/b16-10+/t12-,13+,15+,17+,18+,20-,22+/m0/s1. The number of hydrogen-bond donors (Lipinski definition) is 0. The van der Waals surface area contributed by atoms with E-state index in [9.17, 15) is 9.59 Å². The average molecular weight is 368 g/mol. The summed E-state index contributed by atoms with van der Waals surface area (Å²) in [5, 5.41) is 0. The van der Waals surface area contributed by atoms with Crippen LogP contribution in [-0.4, -0.2) is 24.3 Å². The van der Waals surface area contributed by atoms with Crippen molar-refractivity contribution in [1.29, 1.82) is 0 Å². The van der Waals surface area contributed by atoms with E-state index in [1.54, 1.807) is 6.26 Å². The highest BCUT2D eigenvalue weighted by molar-refractivity contribution is 5.92. The minimum absolute atomic E-state index is 0.0278. The molecule has 7 atom stereocenters. The minimum atomic E-state index is -0.606. The Morgan fingerprint density at radius 1 is 1.19 bits per heavy atom. The summed E-state index contributed by atoms with van der Waals surface area (Å²) in [6, 6.07) is 0. The van der Waals surface area contributed by atoms with Gasteiger partial charge >= 0.3 is 11.9 Å². The molecule has 0 radical (unpaired) electrons. The predicted molar refractivity (Wildman–Crippen MR) is 94.9 cm³/mol. The van der Waals surface area contributed by atoms with Gasteiger partial charge in [0.2, 0.25) is 6.29 Å². The predicted octanol–water partition coefficient (Wildman–Crippen LogP) is 3.41. The molecule has 5 nitrogen and oxygen atoms in total. The molecule has 0 amide bonds. The number of rotatable bonds is 2. The van der Waals surface area contributed by atoms with Gasteiger partial charge in [-0.15, -0.1) is 0 Å². The molecule has 27 heavy (non-hydrogen) atoms. The van der Waals surface area contributed by atoms with Crippen molar-refractivity contribution < 1.29 is 23.8 Å². The van der Waals surface area contributed by atoms with Crippen LogP contribution in [-0.2, 0) is 23.8 Å². The number of hydrogen-bond acceptors (Lipinski definition) is 5. The van der Waals surface area contributed by atoms with Gasteiger partial charge in [-0.25, -0.2) is 4.79 Å². The highest BCUT2D eigenvalue weighted by Gasteiger charge is 2.67. The van der Waals surface area contributed by atoms with Crippen molar-refractivity contribution in [2.24, 2.45) is 29.1 Å². The van der Waals surface area contributed by atoms with E-state index in [0.29, 0.717) is 11.5 Å². The Morgan fingerprint density at radius 2 is 2.04 bits per heavy atom. The van der Waals surface area contributed by atoms with Gasteiger partial charge in [0.25, 0.3) is 0 Å². The van der Waals surface area contributed by atoms with Gasteiger partial charge in [-0.2, -0.15) is 0 Å². The molecule has 0 aromatic carbocycles. The van der Waals surface area contributed by atoms with Crippen LogP contribution in [0.4, 0.5) is 0 Å². The van der Waals surface area contributed by atoms with Crippen LogP contribution >= 0.6 is 0 Å². The Bertz CT molecular complexity index is 836. The van der Waals surface area contributed by atoms with E-state index >= 15 is 0 Å². The Kier molecular flexibility index (Phi) is 3.12. The summed E-state index contributed by atoms with van der Waals surface area (Å²) in [4.78, 5) is 25.0. The first-order valence-electron chi connectivity index (χ1n) is 10.2.